The van der Waals surface area contributed by atoms with Gasteiger partial charge in [-0.25, -0.2) is 0 Å². The summed E-state index contributed by atoms with van der Waals surface area (Å²) in [6.07, 6.45) is 0. The molecule has 0 saturated carbocycles. The summed E-state index contributed by atoms with van der Waals surface area (Å²) in [4.78, 5) is 14.3. The minimum atomic E-state index is 0.181. The number of carbonyl (C=O) groups is 1. The number of ether oxygens (including phenoxy) is 1. The van der Waals surface area contributed by atoms with Crippen LogP contribution in [0.25, 0.3) is 0 Å². The number of nitrogens with zero attached hydrogens (tertiary/aromatic N) is 1. The SMILES string of the molecule is CCOc1ccc(C(=O)CN2CCNCC2)cc1. The van der Waals surface area contributed by atoms with Crippen LogP contribution in [0.3, 0.4) is 0 Å². The van der Waals surface area contributed by atoms with Crippen LogP contribution < -0.4 is 10.1 Å². The number of rotatable bonds is 5. The van der Waals surface area contributed by atoms with Gasteiger partial charge in [-0.3, -0.25) is 9.69 Å². The Bertz CT molecular complexity index is 383. The van der Waals surface area contributed by atoms with Crippen LogP contribution in [0.4, 0.5) is 0 Å². The number of hydrogen-bond acceptors (Lipinski definition) is 4. The molecule has 1 saturated heterocycles. The second kappa shape index (κ2) is 6.52. The van der Waals surface area contributed by atoms with Crippen molar-refractivity contribution in [3.63, 3.8) is 0 Å². The summed E-state index contributed by atoms with van der Waals surface area (Å²) in [6, 6.07) is 7.40. The van der Waals surface area contributed by atoms with Gasteiger partial charge in [0, 0.05) is 31.7 Å². The maximum absolute atomic E-state index is 12.1. The molecule has 1 aromatic rings. The van der Waals surface area contributed by atoms with E-state index < -0.39 is 0 Å². The maximum atomic E-state index is 12.1. The molecule has 0 amide bonds. The molecule has 0 bridgehead atoms. The van der Waals surface area contributed by atoms with Crippen LogP contribution >= 0.6 is 0 Å². The van der Waals surface area contributed by atoms with E-state index >= 15 is 0 Å². The predicted octanol–water partition coefficient (Wildman–Crippen LogP) is 1.17. The van der Waals surface area contributed by atoms with Crippen molar-refractivity contribution >= 4 is 5.78 Å². The number of benzene rings is 1. The van der Waals surface area contributed by atoms with Crippen molar-refractivity contribution in [2.45, 2.75) is 6.92 Å². The third kappa shape index (κ3) is 3.55. The minimum Gasteiger partial charge on any atom is -0.494 e. The molecule has 1 fully saturated rings. The summed E-state index contributed by atoms with van der Waals surface area (Å²) in [5.41, 5.74) is 0.761. The van der Waals surface area contributed by atoms with Gasteiger partial charge in [0.15, 0.2) is 5.78 Å². The molecule has 0 aliphatic carbocycles. The lowest BCUT2D eigenvalue weighted by molar-refractivity contribution is 0.0921. The third-order valence-corrected chi connectivity index (χ3v) is 3.06. The summed E-state index contributed by atoms with van der Waals surface area (Å²) in [7, 11) is 0. The van der Waals surface area contributed by atoms with Crippen molar-refractivity contribution in [1.29, 1.82) is 0 Å². The Morgan fingerprint density at radius 1 is 1.28 bits per heavy atom. The molecule has 1 N–H and O–H groups in total. The van der Waals surface area contributed by atoms with Crippen LogP contribution in [0.1, 0.15) is 17.3 Å². The predicted molar refractivity (Wildman–Crippen MR) is 71.3 cm³/mol. The number of Topliss-reactive ketones (excluding diaryl/α,β-unsaturated/α-hetero) is 1. The van der Waals surface area contributed by atoms with Gasteiger partial charge in [-0.05, 0) is 31.2 Å². The monoisotopic (exact) mass is 248 g/mol. The first-order valence-corrected chi connectivity index (χ1v) is 6.48. The molecule has 98 valence electrons. The van der Waals surface area contributed by atoms with E-state index in [-0.39, 0.29) is 5.78 Å². The molecule has 1 aromatic carbocycles. The van der Waals surface area contributed by atoms with Crippen LogP contribution in [0, 0.1) is 0 Å². The number of ketones is 1. The third-order valence-electron chi connectivity index (χ3n) is 3.06. The van der Waals surface area contributed by atoms with Crippen molar-refractivity contribution in [1.82, 2.24) is 10.2 Å². The van der Waals surface area contributed by atoms with Crippen LogP contribution in [-0.2, 0) is 0 Å². The Morgan fingerprint density at radius 3 is 2.56 bits per heavy atom. The maximum Gasteiger partial charge on any atom is 0.176 e. The summed E-state index contributed by atoms with van der Waals surface area (Å²) >= 11 is 0. The Hall–Kier alpha value is -1.39. The second-order valence-corrected chi connectivity index (χ2v) is 4.41. The van der Waals surface area contributed by atoms with Gasteiger partial charge >= 0.3 is 0 Å². The van der Waals surface area contributed by atoms with Crippen molar-refractivity contribution in [3.05, 3.63) is 29.8 Å². The molecule has 18 heavy (non-hydrogen) atoms. The average Bonchev–Trinajstić information content (AvgIpc) is 2.41. The first kappa shape index (κ1) is 13.1. The fourth-order valence-corrected chi connectivity index (χ4v) is 2.07. The van der Waals surface area contributed by atoms with Gasteiger partial charge in [0.05, 0.1) is 13.2 Å². The molecule has 0 atom stereocenters. The van der Waals surface area contributed by atoms with E-state index in [2.05, 4.69) is 10.2 Å². The van der Waals surface area contributed by atoms with Gasteiger partial charge in [0.2, 0.25) is 0 Å². The van der Waals surface area contributed by atoms with Crippen LogP contribution in [0.2, 0.25) is 0 Å². The fourth-order valence-electron chi connectivity index (χ4n) is 2.07. The summed E-state index contributed by atoms with van der Waals surface area (Å²) < 4.78 is 5.36. The molecule has 1 heterocycles. The van der Waals surface area contributed by atoms with Crippen LogP contribution in [-0.4, -0.2) is 50.0 Å². The van der Waals surface area contributed by atoms with E-state index in [0.717, 1.165) is 37.5 Å². The van der Waals surface area contributed by atoms with E-state index in [1.54, 1.807) is 0 Å². The first-order valence-electron chi connectivity index (χ1n) is 6.48. The summed E-state index contributed by atoms with van der Waals surface area (Å²) in [5.74, 6) is 0.996. The molecule has 4 nitrogen and oxygen atoms in total. The van der Waals surface area contributed by atoms with Crippen molar-refractivity contribution in [3.8, 4) is 5.75 Å². The lowest BCUT2D eigenvalue weighted by atomic mass is 10.1. The highest BCUT2D eigenvalue weighted by Gasteiger charge is 2.14. The van der Waals surface area contributed by atoms with Gasteiger partial charge in [-0.2, -0.15) is 0 Å². The second-order valence-electron chi connectivity index (χ2n) is 4.41. The Labute approximate surface area is 108 Å². The summed E-state index contributed by atoms with van der Waals surface area (Å²) in [5, 5.41) is 3.28. The normalized spacial score (nSPS) is 16.5. The first-order chi connectivity index (χ1) is 8.79. The number of carbonyl (C=O) groups excluding carboxylic acids is 1. The zero-order chi connectivity index (χ0) is 12.8. The molecular weight excluding hydrogens is 228 g/mol. The summed E-state index contributed by atoms with van der Waals surface area (Å²) in [6.45, 7) is 6.94. The minimum absolute atomic E-state index is 0.181. The molecule has 0 radical (unpaired) electrons. The number of hydrogen-bond donors (Lipinski definition) is 1. The van der Waals surface area contributed by atoms with Crippen molar-refractivity contribution in [2.75, 3.05) is 39.3 Å². The quantitative estimate of drug-likeness (QED) is 0.794. The lowest BCUT2D eigenvalue weighted by Gasteiger charge is -2.26. The largest absolute Gasteiger partial charge is 0.494 e. The van der Waals surface area contributed by atoms with E-state index in [1.165, 1.54) is 0 Å². The molecular formula is C14H20N2O2. The lowest BCUT2D eigenvalue weighted by Crippen LogP contribution is -2.45. The van der Waals surface area contributed by atoms with Gasteiger partial charge < -0.3 is 10.1 Å². The Kier molecular flexibility index (Phi) is 4.73. The average molecular weight is 248 g/mol. The molecule has 1 aliphatic rings. The van der Waals surface area contributed by atoms with Crippen molar-refractivity contribution in [2.24, 2.45) is 0 Å². The zero-order valence-electron chi connectivity index (χ0n) is 10.8. The van der Waals surface area contributed by atoms with Gasteiger partial charge in [-0.1, -0.05) is 0 Å². The highest BCUT2D eigenvalue weighted by atomic mass is 16.5. The highest BCUT2D eigenvalue weighted by molar-refractivity contribution is 5.97. The molecule has 0 spiro atoms. The highest BCUT2D eigenvalue weighted by Crippen LogP contribution is 2.13. The zero-order valence-corrected chi connectivity index (χ0v) is 10.8. The van der Waals surface area contributed by atoms with Crippen LogP contribution in [0.5, 0.6) is 5.75 Å². The van der Waals surface area contributed by atoms with Gasteiger partial charge in [0.25, 0.3) is 0 Å². The number of nitrogens with one attached hydrogen (secondary N) is 1. The van der Waals surface area contributed by atoms with E-state index in [0.29, 0.717) is 13.2 Å². The van der Waals surface area contributed by atoms with Gasteiger partial charge in [-0.15, -0.1) is 0 Å². The Balaban J connectivity index is 1.91. The molecule has 4 heteroatoms. The molecule has 2 rings (SSSR count). The topological polar surface area (TPSA) is 41.6 Å². The number of piperazine rings is 1. The standard InChI is InChI=1S/C14H20N2O2/c1-2-18-13-5-3-12(4-6-13)14(17)11-16-9-7-15-8-10-16/h3-6,15H,2,7-11H2,1H3. The molecule has 0 aromatic heterocycles. The molecule has 1 aliphatic heterocycles. The molecule has 0 unspecified atom stereocenters. The van der Waals surface area contributed by atoms with Crippen molar-refractivity contribution < 1.29 is 9.53 Å². The van der Waals surface area contributed by atoms with Crippen LogP contribution in [0.15, 0.2) is 24.3 Å². The fraction of sp³-hybridized carbons (Fsp3) is 0.500. The van der Waals surface area contributed by atoms with E-state index in [9.17, 15) is 4.79 Å². The van der Waals surface area contributed by atoms with Gasteiger partial charge in [0.1, 0.15) is 5.75 Å². The van der Waals surface area contributed by atoms with E-state index in [4.69, 9.17) is 4.74 Å². The van der Waals surface area contributed by atoms with E-state index in [1.807, 2.05) is 31.2 Å². The Morgan fingerprint density at radius 2 is 1.94 bits per heavy atom. The smallest absolute Gasteiger partial charge is 0.176 e.